The lowest BCUT2D eigenvalue weighted by Gasteiger charge is -2.30. The van der Waals surface area contributed by atoms with Crippen molar-refractivity contribution in [1.29, 1.82) is 0 Å². The minimum Gasteiger partial charge on any atom is -0.385 e. The first kappa shape index (κ1) is 26.3. The van der Waals surface area contributed by atoms with Gasteiger partial charge in [-0.25, -0.2) is 0 Å². The molecular weight excluding hydrogens is 511 g/mol. The third kappa shape index (κ3) is 6.64. The second kappa shape index (κ2) is 12.9. The van der Waals surface area contributed by atoms with Crippen LogP contribution in [0.1, 0.15) is 13.3 Å². The van der Waals surface area contributed by atoms with Crippen LogP contribution in [-0.2, 0) is 18.1 Å². The van der Waals surface area contributed by atoms with E-state index in [1.165, 1.54) is 6.08 Å². The summed E-state index contributed by atoms with van der Waals surface area (Å²) in [6, 6.07) is 15.9. The smallest absolute Gasteiger partial charge is 0.385 e. The second-order valence-electron chi connectivity index (χ2n) is 6.65. The number of hydrogen-bond donors (Lipinski definition) is 2. The van der Waals surface area contributed by atoms with Gasteiger partial charge in [-0.3, -0.25) is 4.79 Å². The Balaban J connectivity index is 0.00000450. The molecule has 164 valence electrons. The normalized spacial score (nSPS) is 11.9. The van der Waals surface area contributed by atoms with Gasteiger partial charge in [-0.2, -0.15) is 0 Å². The molecule has 0 aliphatic heterocycles. The molecule has 0 aliphatic rings. The number of halogens is 1. The molecule has 0 fully saturated rings. The van der Waals surface area contributed by atoms with Gasteiger partial charge in [0.15, 0.2) is 0 Å². The Hall–Kier alpha value is -1.72. The molecule has 1 unspecified atom stereocenters. The van der Waals surface area contributed by atoms with Gasteiger partial charge in [0.1, 0.15) is 0 Å². The first-order valence-electron chi connectivity index (χ1n) is 9.51. The van der Waals surface area contributed by atoms with Gasteiger partial charge in [0.2, 0.25) is 5.91 Å². The van der Waals surface area contributed by atoms with E-state index in [1.807, 2.05) is 36.4 Å². The lowest BCUT2D eigenvalue weighted by atomic mass is 10.0. The second-order valence-corrected chi connectivity index (χ2v) is 10.1. The number of rotatable bonds is 11. The quantitative estimate of drug-likeness (QED) is 0.233. The maximum absolute atomic E-state index is 11.4. The van der Waals surface area contributed by atoms with Gasteiger partial charge in [0.05, 0.1) is 0 Å². The summed E-state index contributed by atoms with van der Waals surface area (Å²) in [6.07, 6.45) is 2.10. The molecule has 2 aromatic rings. The van der Waals surface area contributed by atoms with E-state index in [4.69, 9.17) is 13.3 Å². The lowest BCUT2D eigenvalue weighted by molar-refractivity contribution is -0.111. The fourth-order valence-electron chi connectivity index (χ4n) is 3.27. The molecular formula is C22H31IN2O4Si. The summed E-state index contributed by atoms with van der Waals surface area (Å²) in [4.78, 5) is 11.4. The Morgan fingerprint density at radius 1 is 1.07 bits per heavy atom. The molecule has 2 rings (SSSR count). The maximum Gasteiger partial charge on any atom is 0.503 e. The third-order valence-electron chi connectivity index (χ3n) is 4.93. The van der Waals surface area contributed by atoms with Gasteiger partial charge in [0.25, 0.3) is 0 Å². The molecule has 1 amide bonds. The zero-order valence-corrected chi connectivity index (χ0v) is 21.3. The van der Waals surface area contributed by atoms with E-state index in [-0.39, 0.29) is 35.4 Å². The Labute approximate surface area is 197 Å². The predicted molar refractivity (Wildman–Crippen MR) is 135 cm³/mol. The van der Waals surface area contributed by atoms with Crippen molar-refractivity contribution in [2.45, 2.75) is 18.9 Å². The maximum atomic E-state index is 11.4. The van der Waals surface area contributed by atoms with Crippen molar-refractivity contribution >= 4 is 50.1 Å². The number of carbonyl (C=O) groups is 1. The molecule has 0 spiro atoms. The fraction of sp³-hybridized carbons (Fsp3) is 0.318. The fourth-order valence-corrected chi connectivity index (χ4v) is 5.47. The minimum atomic E-state index is -2.64. The van der Waals surface area contributed by atoms with Crippen molar-refractivity contribution < 1.29 is 18.1 Å². The highest BCUT2D eigenvalue weighted by Crippen LogP contribution is 2.30. The summed E-state index contributed by atoms with van der Waals surface area (Å²) in [6.45, 7) is 6.31. The molecule has 1 atom stereocenters. The van der Waals surface area contributed by atoms with Crippen LogP contribution >= 0.6 is 24.0 Å². The highest BCUT2D eigenvalue weighted by Gasteiger charge is 2.44. The van der Waals surface area contributed by atoms with Crippen LogP contribution in [0.3, 0.4) is 0 Å². The van der Waals surface area contributed by atoms with Crippen LogP contribution in [0.2, 0.25) is 5.54 Å². The number of amides is 1. The Morgan fingerprint density at radius 3 is 2.23 bits per heavy atom. The van der Waals surface area contributed by atoms with E-state index in [1.54, 1.807) is 21.3 Å². The van der Waals surface area contributed by atoms with Crippen LogP contribution in [0.15, 0.2) is 61.2 Å². The van der Waals surface area contributed by atoms with Gasteiger partial charge in [-0.05, 0) is 36.3 Å². The van der Waals surface area contributed by atoms with Crippen molar-refractivity contribution in [3.63, 3.8) is 0 Å². The average Bonchev–Trinajstić information content (AvgIpc) is 2.76. The molecule has 0 heterocycles. The molecule has 6 nitrogen and oxygen atoms in total. The molecule has 0 aromatic heterocycles. The summed E-state index contributed by atoms with van der Waals surface area (Å²) in [5, 5.41) is 6.27. The van der Waals surface area contributed by atoms with Gasteiger partial charge in [-0.1, -0.05) is 43.8 Å². The Bertz CT molecular complexity index is 805. The van der Waals surface area contributed by atoms with Crippen LogP contribution in [0.5, 0.6) is 0 Å². The molecule has 0 saturated heterocycles. The standard InChI is InChI=1S/C22H30N2O4Si.HI/c1-6-22(25)24-19-13-11-18(12-14-19)20-9-7-8-10-21(20)23-16-15-17(2)29(26-3,27-4)28-5;/h6-14,17,23H,1,15-16H2,2-5H3,(H,24,25);1H. The van der Waals surface area contributed by atoms with Crippen molar-refractivity contribution in [2.75, 3.05) is 38.5 Å². The predicted octanol–water partition coefficient (Wildman–Crippen LogP) is 5.17. The van der Waals surface area contributed by atoms with Gasteiger partial charge >= 0.3 is 8.80 Å². The molecule has 2 N–H and O–H groups in total. The number of carbonyl (C=O) groups excluding carboxylic acids is 1. The highest BCUT2D eigenvalue weighted by atomic mass is 127. The van der Waals surface area contributed by atoms with E-state index >= 15 is 0 Å². The first-order valence-corrected chi connectivity index (χ1v) is 11.3. The summed E-state index contributed by atoms with van der Waals surface area (Å²) in [7, 11) is 2.27. The van der Waals surface area contributed by atoms with Crippen LogP contribution in [0.4, 0.5) is 11.4 Å². The number of hydrogen-bond acceptors (Lipinski definition) is 5. The van der Waals surface area contributed by atoms with Crippen molar-refractivity contribution in [3.8, 4) is 11.1 Å². The van der Waals surface area contributed by atoms with Crippen LogP contribution in [0.25, 0.3) is 11.1 Å². The Morgan fingerprint density at radius 2 is 1.67 bits per heavy atom. The largest absolute Gasteiger partial charge is 0.503 e. The van der Waals surface area contributed by atoms with E-state index < -0.39 is 8.80 Å². The summed E-state index contributed by atoms with van der Waals surface area (Å²) < 4.78 is 16.7. The first-order chi connectivity index (χ1) is 14.0. The van der Waals surface area contributed by atoms with Gasteiger partial charge < -0.3 is 23.9 Å². The van der Waals surface area contributed by atoms with E-state index in [9.17, 15) is 4.79 Å². The lowest BCUT2D eigenvalue weighted by Crippen LogP contribution is -2.47. The number of benzene rings is 2. The summed E-state index contributed by atoms with van der Waals surface area (Å²) in [5.74, 6) is -0.225. The van der Waals surface area contributed by atoms with Crippen LogP contribution < -0.4 is 10.6 Å². The highest BCUT2D eigenvalue weighted by molar-refractivity contribution is 14.0. The molecule has 0 radical (unpaired) electrons. The van der Waals surface area contributed by atoms with Crippen LogP contribution in [0, 0.1) is 0 Å². The zero-order valence-electron chi connectivity index (χ0n) is 17.9. The van der Waals surface area contributed by atoms with E-state index in [0.29, 0.717) is 0 Å². The van der Waals surface area contributed by atoms with Crippen molar-refractivity contribution in [2.24, 2.45) is 0 Å². The van der Waals surface area contributed by atoms with E-state index in [0.717, 1.165) is 35.5 Å². The number of para-hydroxylation sites is 1. The van der Waals surface area contributed by atoms with Gasteiger partial charge in [0, 0.05) is 50.4 Å². The number of anilines is 2. The SMILES string of the molecule is C=CC(=O)Nc1ccc(-c2ccccc2NCCC(C)[Si](OC)(OC)OC)cc1.I. The molecule has 0 saturated carbocycles. The monoisotopic (exact) mass is 542 g/mol. The Kier molecular flexibility index (Phi) is 11.3. The van der Waals surface area contributed by atoms with Crippen molar-refractivity contribution in [1.82, 2.24) is 0 Å². The van der Waals surface area contributed by atoms with Crippen molar-refractivity contribution in [3.05, 3.63) is 61.2 Å². The van der Waals surface area contributed by atoms with Crippen LogP contribution in [-0.4, -0.2) is 42.6 Å². The summed E-state index contributed by atoms with van der Waals surface area (Å²) >= 11 is 0. The topological polar surface area (TPSA) is 68.8 Å². The minimum absolute atomic E-state index is 0. The molecule has 2 aromatic carbocycles. The van der Waals surface area contributed by atoms with E-state index in [2.05, 4.69) is 36.3 Å². The molecule has 0 aliphatic carbocycles. The van der Waals surface area contributed by atoms with Gasteiger partial charge in [-0.15, -0.1) is 24.0 Å². The number of nitrogens with one attached hydrogen (secondary N) is 2. The molecule has 30 heavy (non-hydrogen) atoms. The zero-order chi connectivity index (χ0) is 21.3. The third-order valence-corrected chi connectivity index (χ3v) is 8.13. The average molecular weight is 542 g/mol. The summed E-state index contributed by atoms with van der Waals surface area (Å²) in [5.41, 5.74) is 4.09. The molecule has 8 heteroatoms. The molecule has 0 bridgehead atoms.